The number of nitrogens with zero attached hydrogens (tertiary/aromatic N) is 3. The van der Waals surface area contributed by atoms with Gasteiger partial charge in [-0.3, -0.25) is 5.10 Å². The maximum absolute atomic E-state index is 4.51. The van der Waals surface area contributed by atoms with E-state index in [4.69, 9.17) is 0 Å². The van der Waals surface area contributed by atoms with E-state index in [-0.39, 0.29) is 0 Å². The van der Waals surface area contributed by atoms with Gasteiger partial charge in [-0.25, -0.2) is 9.97 Å². The van der Waals surface area contributed by atoms with Crippen LogP contribution in [0.5, 0.6) is 0 Å². The van der Waals surface area contributed by atoms with Crippen LogP contribution in [0.2, 0.25) is 0 Å². The van der Waals surface area contributed by atoms with Crippen molar-refractivity contribution in [2.75, 3.05) is 25.0 Å². The minimum Gasteiger partial charge on any atom is -0.370 e. The molecule has 1 fully saturated rings. The van der Waals surface area contributed by atoms with E-state index in [1.807, 2.05) is 0 Å². The summed E-state index contributed by atoms with van der Waals surface area (Å²) in [7, 11) is 0. The summed E-state index contributed by atoms with van der Waals surface area (Å²) in [6, 6.07) is 2.11. The van der Waals surface area contributed by atoms with Crippen molar-refractivity contribution in [2.45, 2.75) is 50.9 Å². The van der Waals surface area contributed by atoms with Crippen LogP contribution in [0.3, 0.4) is 0 Å². The normalized spacial score (nSPS) is 20.6. The Balaban J connectivity index is 1.35. The van der Waals surface area contributed by atoms with E-state index in [2.05, 4.69) is 36.9 Å². The van der Waals surface area contributed by atoms with Gasteiger partial charge in [0.1, 0.15) is 12.1 Å². The molecule has 2 aliphatic rings. The fourth-order valence-corrected chi connectivity index (χ4v) is 3.86. The predicted octanol–water partition coefficient (Wildman–Crippen LogP) is 2.20. The zero-order chi connectivity index (χ0) is 16.2. The van der Waals surface area contributed by atoms with Gasteiger partial charge in [-0.15, -0.1) is 0 Å². The molecule has 0 unspecified atom stereocenters. The molecule has 1 saturated heterocycles. The average molecular weight is 326 g/mol. The Morgan fingerprint density at radius 2 is 2.12 bits per heavy atom. The Bertz CT molecular complexity index is 674. The molecule has 0 radical (unpaired) electrons. The monoisotopic (exact) mass is 326 g/mol. The molecular weight excluding hydrogens is 300 g/mol. The summed E-state index contributed by atoms with van der Waals surface area (Å²) in [4.78, 5) is 8.84. The predicted molar refractivity (Wildman–Crippen MR) is 94.3 cm³/mol. The number of fused-ring (bicyclic) bond motifs is 1. The molecular formula is C18H26N6. The fourth-order valence-electron chi connectivity index (χ4n) is 3.86. The van der Waals surface area contributed by atoms with Gasteiger partial charge in [0.05, 0.1) is 11.4 Å². The molecule has 0 spiro atoms. The number of hydrogen-bond acceptors (Lipinski definition) is 5. The van der Waals surface area contributed by atoms with Gasteiger partial charge in [0.2, 0.25) is 0 Å². The Morgan fingerprint density at radius 3 is 3.04 bits per heavy atom. The van der Waals surface area contributed by atoms with Gasteiger partial charge in [0.25, 0.3) is 0 Å². The molecule has 1 atom stereocenters. The molecule has 6 heteroatoms. The fraction of sp³-hybridized carbons (Fsp3) is 0.611. The first-order valence-corrected chi connectivity index (χ1v) is 9.21. The van der Waals surface area contributed by atoms with Gasteiger partial charge in [0.15, 0.2) is 0 Å². The molecule has 3 heterocycles. The molecule has 24 heavy (non-hydrogen) atoms. The van der Waals surface area contributed by atoms with Crippen molar-refractivity contribution in [3.8, 4) is 0 Å². The number of anilines is 1. The highest BCUT2D eigenvalue weighted by molar-refractivity contribution is 5.36. The van der Waals surface area contributed by atoms with Gasteiger partial charge in [-0.1, -0.05) is 0 Å². The summed E-state index contributed by atoms with van der Waals surface area (Å²) in [5.41, 5.74) is 5.19. The Kier molecular flexibility index (Phi) is 4.74. The summed E-state index contributed by atoms with van der Waals surface area (Å²) < 4.78 is 0. The van der Waals surface area contributed by atoms with E-state index in [1.54, 1.807) is 6.33 Å². The van der Waals surface area contributed by atoms with Crippen LogP contribution in [0.15, 0.2) is 12.4 Å². The average Bonchev–Trinajstić information content (AvgIpc) is 3.06. The SMILES string of the molecule is c1nc(NCCc2n[nH]c3c2CCCC3)cc([C@H]2CCCNC2)n1. The zero-order valence-corrected chi connectivity index (χ0v) is 14.1. The maximum atomic E-state index is 4.51. The van der Waals surface area contributed by atoms with Crippen molar-refractivity contribution in [3.05, 3.63) is 35.0 Å². The number of aromatic amines is 1. The number of piperidine rings is 1. The molecule has 3 N–H and O–H groups in total. The summed E-state index contributed by atoms with van der Waals surface area (Å²) >= 11 is 0. The first-order chi connectivity index (χ1) is 11.9. The minimum absolute atomic E-state index is 0.514. The first kappa shape index (κ1) is 15.6. The maximum Gasteiger partial charge on any atom is 0.129 e. The van der Waals surface area contributed by atoms with E-state index in [0.29, 0.717) is 5.92 Å². The molecule has 1 aliphatic heterocycles. The molecule has 6 nitrogen and oxygen atoms in total. The minimum atomic E-state index is 0.514. The molecule has 0 amide bonds. The van der Waals surface area contributed by atoms with Crippen LogP contribution in [0.4, 0.5) is 5.82 Å². The molecule has 2 aromatic heterocycles. The summed E-state index contributed by atoms with van der Waals surface area (Å²) in [6.45, 7) is 3.01. The number of hydrogen-bond donors (Lipinski definition) is 3. The van der Waals surface area contributed by atoms with Gasteiger partial charge < -0.3 is 10.6 Å². The van der Waals surface area contributed by atoms with E-state index in [9.17, 15) is 0 Å². The van der Waals surface area contributed by atoms with Crippen molar-refractivity contribution in [2.24, 2.45) is 0 Å². The van der Waals surface area contributed by atoms with Crippen LogP contribution >= 0.6 is 0 Å². The van der Waals surface area contributed by atoms with Crippen molar-refractivity contribution in [1.29, 1.82) is 0 Å². The van der Waals surface area contributed by atoms with Crippen molar-refractivity contribution in [3.63, 3.8) is 0 Å². The molecule has 4 rings (SSSR count). The lowest BCUT2D eigenvalue weighted by Gasteiger charge is -2.22. The Labute approximate surface area is 142 Å². The lowest BCUT2D eigenvalue weighted by molar-refractivity contribution is 0.454. The Morgan fingerprint density at radius 1 is 1.17 bits per heavy atom. The standard InChI is InChI=1S/C18H26N6/c1-2-6-15-14(5-1)16(24-23-15)7-9-20-18-10-17(21-12-22-18)13-4-3-8-19-11-13/h10,12-13,19H,1-9,11H2,(H,23,24)(H,20,21,22)/t13-/m0/s1. The third-order valence-electron chi connectivity index (χ3n) is 5.21. The highest BCUT2D eigenvalue weighted by Gasteiger charge is 2.18. The van der Waals surface area contributed by atoms with Gasteiger partial charge in [-0.05, 0) is 50.6 Å². The number of H-pyrrole nitrogens is 1. The topological polar surface area (TPSA) is 78.5 Å². The Hall–Kier alpha value is -1.95. The third kappa shape index (κ3) is 3.43. The third-order valence-corrected chi connectivity index (χ3v) is 5.21. The quantitative estimate of drug-likeness (QED) is 0.785. The second-order valence-corrected chi connectivity index (χ2v) is 6.88. The van der Waals surface area contributed by atoms with Crippen LogP contribution in [0.25, 0.3) is 0 Å². The van der Waals surface area contributed by atoms with E-state index >= 15 is 0 Å². The first-order valence-electron chi connectivity index (χ1n) is 9.21. The lowest BCUT2D eigenvalue weighted by Crippen LogP contribution is -2.28. The summed E-state index contributed by atoms with van der Waals surface area (Å²) in [5, 5.41) is 14.6. The number of aromatic nitrogens is 4. The van der Waals surface area contributed by atoms with Crippen molar-refractivity contribution in [1.82, 2.24) is 25.5 Å². The smallest absolute Gasteiger partial charge is 0.129 e. The van der Waals surface area contributed by atoms with Crippen molar-refractivity contribution >= 4 is 5.82 Å². The second kappa shape index (κ2) is 7.30. The van der Waals surface area contributed by atoms with Crippen molar-refractivity contribution < 1.29 is 0 Å². The van der Waals surface area contributed by atoms with E-state index < -0.39 is 0 Å². The van der Waals surface area contributed by atoms with E-state index in [1.165, 1.54) is 49.1 Å². The highest BCUT2D eigenvalue weighted by atomic mass is 15.1. The largest absolute Gasteiger partial charge is 0.370 e. The zero-order valence-electron chi connectivity index (χ0n) is 14.1. The van der Waals surface area contributed by atoms with Crippen LogP contribution < -0.4 is 10.6 Å². The van der Waals surface area contributed by atoms with Crippen LogP contribution in [0, 0.1) is 0 Å². The number of nitrogens with one attached hydrogen (secondary N) is 3. The van der Waals surface area contributed by atoms with Gasteiger partial charge in [0, 0.05) is 37.2 Å². The molecule has 128 valence electrons. The number of aryl methyl sites for hydroxylation is 1. The van der Waals surface area contributed by atoms with Crippen LogP contribution in [-0.4, -0.2) is 39.8 Å². The van der Waals surface area contributed by atoms with Crippen LogP contribution in [0.1, 0.15) is 54.2 Å². The summed E-state index contributed by atoms with van der Waals surface area (Å²) in [6.07, 6.45) is 9.96. The summed E-state index contributed by atoms with van der Waals surface area (Å²) in [5.74, 6) is 1.44. The van der Waals surface area contributed by atoms with Crippen LogP contribution in [-0.2, 0) is 19.3 Å². The molecule has 2 aromatic rings. The molecule has 0 aromatic carbocycles. The molecule has 0 saturated carbocycles. The highest BCUT2D eigenvalue weighted by Crippen LogP contribution is 2.23. The van der Waals surface area contributed by atoms with Gasteiger partial charge >= 0.3 is 0 Å². The number of rotatable bonds is 5. The molecule has 1 aliphatic carbocycles. The van der Waals surface area contributed by atoms with Gasteiger partial charge in [-0.2, -0.15) is 5.10 Å². The van der Waals surface area contributed by atoms with E-state index in [0.717, 1.165) is 44.0 Å². The second-order valence-electron chi connectivity index (χ2n) is 6.88. The lowest BCUT2D eigenvalue weighted by atomic mass is 9.95. The molecule has 0 bridgehead atoms.